The zero-order valence-electron chi connectivity index (χ0n) is 10.0. The van der Waals surface area contributed by atoms with Crippen molar-refractivity contribution in [2.75, 3.05) is 18.4 Å². The van der Waals surface area contributed by atoms with Crippen molar-refractivity contribution in [1.29, 1.82) is 0 Å². The highest BCUT2D eigenvalue weighted by atomic mass is 16.4. The lowest BCUT2D eigenvalue weighted by molar-refractivity contribution is 0.155. The molecule has 1 aliphatic heterocycles. The number of nitrogens with one attached hydrogen (secondary N) is 1. The molecule has 0 spiro atoms. The Balaban J connectivity index is 1.57. The fourth-order valence-electron chi connectivity index (χ4n) is 2.27. The van der Waals surface area contributed by atoms with Crippen molar-refractivity contribution in [3.63, 3.8) is 0 Å². The molecule has 1 atom stereocenters. The van der Waals surface area contributed by atoms with Gasteiger partial charge in [0.1, 0.15) is 0 Å². The van der Waals surface area contributed by atoms with Crippen LogP contribution in [0.2, 0.25) is 0 Å². The fraction of sp³-hybridized carbons (Fsp3) is 0.583. The van der Waals surface area contributed by atoms with Crippen molar-refractivity contribution < 1.29 is 9.90 Å². The molecule has 2 heterocycles. The molecule has 1 aromatic heterocycles. The highest BCUT2D eigenvalue weighted by Gasteiger charge is 2.27. The van der Waals surface area contributed by atoms with Crippen molar-refractivity contribution in [2.24, 2.45) is 0 Å². The van der Waals surface area contributed by atoms with Crippen LogP contribution < -0.4 is 5.32 Å². The van der Waals surface area contributed by atoms with Gasteiger partial charge in [0, 0.05) is 31.5 Å². The van der Waals surface area contributed by atoms with Gasteiger partial charge in [0.05, 0.1) is 0 Å². The molecule has 2 N–H and O–H groups in total. The van der Waals surface area contributed by atoms with E-state index >= 15 is 0 Å². The summed E-state index contributed by atoms with van der Waals surface area (Å²) in [4.78, 5) is 20.8. The Morgan fingerprint density at radius 1 is 1.33 bits per heavy atom. The van der Waals surface area contributed by atoms with Crippen LogP contribution in [-0.2, 0) is 0 Å². The molecule has 1 amide bonds. The predicted octanol–water partition coefficient (Wildman–Crippen LogP) is 1.52. The Morgan fingerprint density at radius 2 is 2.06 bits per heavy atom. The molecule has 96 valence electrons. The van der Waals surface area contributed by atoms with Crippen LogP contribution in [0.25, 0.3) is 0 Å². The van der Waals surface area contributed by atoms with Crippen LogP contribution in [0.3, 0.4) is 0 Å². The molecule has 1 saturated carbocycles. The number of nitrogens with zero attached hydrogens (tertiary/aromatic N) is 3. The second-order valence-corrected chi connectivity index (χ2v) is 4.97. The number of likely N-dealkylation sites (tertiary alicyclic amines) is 1. The quantitative estimate of drug-likeness (QED) is 0.847. The first-order valence-electron chi connectivity index (χ1n) is 6.29. The summed E-state index contributed by atoms with van der Waals surface area (Å²) in [6.45, 7) is 1.08. The average molecular weight is 248 g/mol. The second-order valence-electron chi connectivity index (χ2n) is 4.97. The number of hydrogen-bond donors (Lipinski definition) is 2. The summed E-state index contributed by atoms with van der Waals surface area (Å²) in [6.07, 6.45) is 6.18. The van der Waals surface area contributed by atoms with Crippen molar-refractivity contribution >= 4 is 12.0 Å². The van der Waals surface area contributed by atoms with Crippen LogP contribution in [0.5, 0.6) is 0 Å². The van der Waals surface area contributed by atoms with Gasteiger partial charge in [-0.2, -0.15) is 0 Å². The van der Waals surface area contributed by atoms with E-state index < -0.39 is 6.09 Å². The molecule has 0 aromatic carbocycles. The van der Waals surface area contributed by atoms with Gasteiger partial charge in [-0.3, -0.25) is 0 Å². The van der Waals surface area contributed by atoms with Crippen LogP contribution >= 0.6 is 0 Å². The van der Waals surface area contributed by atoms with Gasteiger partial charge in [0.15, 0.2) is 0 Å². The lowest BCUT2D eigenvalue weighted by atomic mass is 10.2. The summed E-state index contributed by atoms with van der Waals surface area (Å²) in [7, 11) is 0. The largest absolute Gasteiger partial charge is 0.465 e. The molecule has 6 nitrogen and oxygen atoms in total. The molecule has 2 aliphatic rings. The summed E-state index contributed by atoms with van der Waals surface area (Å²) in [6, 6.07) is 0.118. The van der Waals surface area contributed by atoms with Gasteiger partial charge in [-0.1, -0.05) is 0 Å². The van der Waals surface area contributed by atoms with Crippen molar-refractivity contribution in [3.05, 3.63) is 18.0 Å². The summed E-state index contributed by atoms with van der Waals surface area (Å²) < 4.78 is 0. The van der Waals surface area contributed by atoms with Gasteiger partial charge in [0.25, 0.3) is 0 Å². The summed E-state index contributed by atoms with van der Waals surface area (Å²) in [5, 5.41) is 12.1. The Morgan fingerprint density at radius 3 is 2.61 bits per heavy atom. The topological polar surface area (TPSA) is 78.4 Å². The van der Waals surface area contributed by atoms with E-state index in [-0.39, 0.29) is 6.04 Å². The molecule has 1 unspecified atom stereocenters. The lowest BCUT2D eigenvalue weighted by Gasteiger charge is -2.13. The van der Waals surface area contributed by atoms with Crippen LogP contribution in [0.1, 0.15) is 30.7 Å². The number of carbonyl (C=O) groups is 1. The van der Waals surface area contributed by atoms with Gasteiger partial charge in [-0.05, 0) is 30.7 Å². The van der Waals surface area contributed by atoms with E-state index in [0.717, 1.165) is 6.42 Å². The number of anilines is 1. The van der Waals surface area contributed by atoms with Gasteiger partial charge in [0.2, 0.25) is 5.95 Å². The van der Waals surface area contributed by atoms with Crippen LogP contribution in [0.4, 0.5) is 10.7 Å². The molecule has 1 aromatic rings. The van der Waals surface area contributed by atoms with Crippen LogP contribution in [0, 0.1) is 0 Å². The third kappa shape index (κ3) is 2.37. The molecule has 6 heteroatoms. The minimum Gasteiger partial charge on any atom is -0.465 e. The monoisotopic (exact) mass is 248 g/mol. The zero-order chi connectivity index (χ0) is 12.5. The van der Waals surface area contributed by atoms with Crippen molar-refractivity contribution in [2.45, 2.75) is 31.2 Å². The SMILES string of the molecule is O=C(O)N1CCC(Nc2ncc(C3CC3)cn2)C1. The second kappa shape index (κ2) is 4.44. The maximum Gasteiger partial charge on any atom is 0.407 e. The number of aromatic nitrogens is 2. The molecule has 1 saturated heterocycles. The summed E-state index contributed by atoms with van der Waals surface area (Å²) >= 11 is 0. The summed E-state index contributed by atoms with van der Waals surface area (Å²) in [5.41, 5.74) is 1.21. The highest BCUT2D eigenvalue weighted by Crippen LogP contribution is 2.39. The van der Waals surface area contributed by atoms with Gasteiger partial charge in [-0.15, -0.1) is 0 Å². The Hall–Kier alpha value is -1.85. The van der Waals surface area contributed by atoms with Crippen molar-refractivity contribution in [3.8, 4) is 0 Å². The molecular formula is C12H16N4O2. The van der Waals surface area contributed by atoms with Crippen LogP contribution in [-0.4, -0.2) is 45.2 Å². The summed E-state index contributed by atoms with van der Waals surface area (Å²) in [5.74, 6) is 1.25. The molecule has 1 aliphatic carbocycles. The Kier molecular flexibility index (Phi) is 2.77. The Labute approximate surface area is 105 Å². The first-order chi connectivity index (χ1) is 8.72. The number of carboxylic acid groups (broad SMARTS) is 1. The van der Waals surface area contributed by atoms with Gasteiger partial charge < -0.3 is 15.3 Å². The van der Waals surface area contributed by atoms with E-state index in [1.165, 1.54) is 23.3 Å². The molecule has 0 radical (unpaired) electrons. The minimum absolute atomic E-state index is 0.118. The standard InChI is InChI=1S/C12H16N4O2/c17-12(18)16-4-3-10(7-16)15-11-13-5-9(6-14-11)8-1-2-8/h5-6,8,10H,1-4,7H2,(H,17,18)(H,13,14,15). The average Bonchev–Trinajstić information content (AvgIpc) is 3.10. The first-order valence-corrected chi connectivity index (χ1v) is 6.29. The van der Waals surface area contributed by atoms with E-state index in [9.17, 15) is 4.79 Å². The molecule has 2 fully saturated rings. The fourth-order valence-corrected chi connectivity index (χ4v) is 2.27. The van der Waals surface area contributed by atoms with Crippen LogP contribution in [0.15, 0.2) is 12.4 Å². The van der Waals surface area contributed by atoms with E-state index in [0.29, 0.717) is 25.0 Å². The molecule has 18 heavy (non-hydrogen) atoms. The maximum atomic E-state index is 10.8. The Bertz CT molecular complexity index is 444. The van der Waals surface area contributed by atoms with E-state index in [1.54, 1.807) is 0 Å². The normalized spacial score (nSPS) is 23.1. The first kappa shape index (κ1) is 11.3. The molecular weight excluding hydrogens is 232 g/mol. The highest BCUT2D eigenvalue weighted by molar-refractivity contribution is 5.65. The molecule has 0 bridgehead atoms. The predicted molar refractivity (Wildman–Crippen MR) is 65.6 cm³/mol. The third-order valence-corrected chi connectivity index (χ3v) is 3.51. The van der Waals surface area contributed by atoms with Gasteiger partial charge in [-0.25, -0.2) is 14.8 Å². The van der Waals surface area contributed by atoms with Crippen molar-refractivity contribution in [1.82, 2.24) is 14.9 Å². The number of rotatable bonds is 3. The third-order valence-electron chi connectivity index (χ3n) is 3.51. The smallest absolute Gasteiger partial charge is 0.407 e. The zero-order valence-corrected chi connectivity index (χ0v) is 10.0. The lowest BCUT2D eigenvalue weighted by Crippen LogP contribution is -2.30. The molecule has 3 rings (SSSR count). The number of hydrogen-bond acceptors (Lipinski definition) is 4. The maximum absolute atomic E-state index is 10.8. The van der Waals surface area contributed by atoms with E-state index in [2.05, 4.69) is 15.3 Å². The van der Waals surface area contributed by atoms with E-state index in [4.69, 9.17) is 5.11 Å². The van der Waals surface area contributed by atoms with Gasteiger partial charge >= 0.3 is 6.09 Å². The minimum atomic E-state index is -0.857. The van der Waals surface area contributed by atoms with E-state index in [1.807, 2.05) is 12.4 Å². The number of amides is 1.